The first kappa shape index (κ1) is 11.0. The third kappa shape index (κ3) is 2.36. The molecule has 2 rings (SSSR count). The summed E-state index contributed by atoms with van der Waals surface area (Å²) in [6.07, 6.45) is 0.857. The fraction of sp³-hybridized carbons (Fsp3) is 0.364. The Hall–Kier alpha value is -1.49. The summed E-state index contributed by atoms with van der Waals surface area (Å²) in [7, 11) is 0. The molecular weight excluding hydrogens is 214 g/mol. The van der Waals surface area contributed by atoms with E-state index in [-0.39, 0.29) is 17.5 Å². The molecular formula is C11H12F2N2O. The Morgan fingerprint density at radius 1 is 1.38 bits per heavy atom. The summed E-state index contributed by atoms with van der Waals surface area (Å²) in [6.45, 7) is 1.58. The van der Waals surface area contributed by atoms with Gasteiger partial charge in [0.25, 0.3) is 5.91 Å². The van der Waals surface area contributed by atoms with Crippen molar-refractivity contribution in [3.8, 4) is 0 Å². The van der Waals surface area contributed by atoms with Crippen LogP contribution in [-0.4, -0.2) is 25.0 Å². The van der Waals surface area contributed by atoms with Crippen LogP contribution in [0.1, 0.15) is 16.8 Å². The van der Waals surface area contributed by atoms with Gasteiger partial charge in [-0.1, -0.05) is 0 Å². The molecule has 0 spiro atoms. The lowest BCUT2D eigenvalue weighted by atomic mass is 10.1. The Bertz CT molecular complexity index is 403. The van der Waals surface area contributed by atoms with E-state index < -0.39 is 11.6 Å². The number of carbonyl (C=O) groups excluding carboxylic acids is 1. The molecule has 0 radical (unpaired) electrons. The predicted octanol–water partition coefficient (Wildman–Crippen LogP) is 1.06. The lowest BCUT2D eigenvalue weighted by Gasteiger charge is -2.11. The third-order valence-electron chi connectivity index (χ3n) is 2.58. The number of amides is 1. The third-order valence-corrected chi connectivity index (χ3v) is 2.58. The average molecular weight is 226 g/mol. The van der Waals surface area contributed by atoms with Crippen LogP contribution in [0, 0.1) is 11.6 Å². The van der Waals surface area contributed by atoms with Crippen molar-refractivity contribution in [1.82, 2.24) is 10.6 Å². The van der Waals surface area contributed by atoms with E-state index in [2.05, 4.69) is 10.6 Å². The van der Waals surface area contributed by atoms with E-state index in [0.717, 1.165) is 31.6 Å². The molecule has 1 saturated heterocycles. The molecule has 2 N–H and O–H groups in total. The van der Waals surface area contributed by atoms with Crippen LogP contribution in [0.5, 0.6) is 0 Å². The van der Waals surface area contributed by atoms with Crippen molar-refractivity contribution in [3.63, 3.8) is 0 Å². The quantitative estimate of drug-likeness (QED) is 0.791. The van der Waals surface area contributed by atoms with Crippen molar-refractivity contribution in [3.05, 3.63) is 35.4 Å². The first-order valence-electron chi connectivity index (χ1n) is 5.13. The molecule has 1 unspecified atom stereocenters. The van der Waals surface area contributed by atoms with Gasteiger partial charge < -0.3 is 10.6 Å². The molecule has 0 aromatic heterocycles. The maximum absolute atomic E-state index is 12.9. The number of carbonyl (C=O) groups is 1. The molecule has 1 aliphatic rings. The second kappa shape index (κ2) is 4.57. The van der Waals surface area contributed by atoms with E-state index >= 15 is 0 Å². The summed E-state index contributed by atoms with van der Waals surface area (Å²) in [5.74, 6) is -2.32. The summed E-state index contributed by atoms with van der Waals surface area (Å²) in [5, 5.41) is 5.85. The number of nitrogens with one attached hydrogen (secondary N) is 2. The van der Waals surface area contributed by atoms with Crippen molar-refractivity contribution in [2.75, 3.05) is 13.1 Å². The van der Waals surface area contributed by atoms with Crippen LogP contribution in [0.4, 0.5) is 8.78 Å². The largest absolute Gasteiger partial charge is 0.348 e. The van der Waals surface area contributed by atoms with Gasteiger partial charge in [-0.25, -0.2) is 8.78 Å². The average Bonchev–Trinajstić information content (AvgIpc) is 2.74. The number of halogens is 2. The zero-order valence-electron chi connectivity index (χ0n) is 8.59. The van der Waals surface area contributed by atoms with Gasteiger partial charge >= 0.3 is 0 Å². The van der Waals surface area contributed by atoms with Gasteiger partial charge in [0.1, 0.15) is 0 Å². The number of hydrogen-bond donors (Lipinski definition) is 2. The summed E-state index contributed by atoms with van der Waals surface area (Å²) < 4.78 is 25.5. The molecule has 0 bridgehead atoms. The van der Waals surface area contributed by atoms with E-state index in [1.165, 1.54) is 6.07 Å². The van der Waals surface area contributed by atoms with Crippen LogP contribution in [0.3, 0.4) is 0 Å². The van der Waals surface area contributed by atoms with Crippen molar-refractivity contribution >= 4 is 5.91 Å². The second-order valence-corrected chi connectivity index (χ2v) is 3.79. The molecule has 16 heavy (non-hydrogen) atoms. The second-order valence-electron chi connectivity index (χ2n) is 3.79. The highest BCUT2D eigenvalue weighted by atomic mass is 19.2. The summed E-state index contributed by atoms with van der Waals surface area (Å²) in [6, 6.07) is 3.21. The van der Waals surface area contributed by atoms with Crippen molar-refractivity contribution in [2.24, 2.45) is 0 Å². The van der Waals surface area contributed by atoms with Crippen LogP contribution in [-0.2, 0) is 0 Å². The molecule has 1 heterocycles. The minimum Gasteiger partial charge on any atom is -0.348 e. The Balaban J connectivity index is 2.05. The zero-order chi connectivity index (χ0) is 11.5. The van der Waals surface area contributed by atoms with Crippen LogP contribution in [0.2, 0.25) is 0 Å². The standard InChI is InChI=1S/C11H12F2N2O/c12-9-2-1-7(5-10(9)13)11(16)15-8-3-4-14-6-8/h1-2,5,8,14H,3-4,6H2,(H,15,16). The molecule has 1 amide bonds. The van der Waals surface area contributed by atoms with Crippen molar-refractivity contribution < 1.29 is 13.6 Å². The molecule has 0 aliphatic carbocycles. The first-order chi connectivity index (χ1) is 7.66. The monoisotopic (exact) mass is 226 g/mol. The SMILES string of the molecule is O=C(NC1CCNC1)c1ccc(F)c(F)c1. The molecule has 1 aliphatic heterocycles. The highest BCUT2D eigenvalue weighted by Crippen LogP contribution is 2.09. The molecule has 5 heteroatoms. The number of hydrogen-bond acceptors (Lipinski definition) is 2. The van der Waals surface area contributed by atoms with Crippen molar-refractivity contribution in [1.29, 1.82) is 0 Å². The van der Waals surface area contributed by atoms with Crippen LogP contribution >= 0.6 is 0 Å². The molecule has 86 valence electrons. The van der Waals surface area contributed by atoms with E-state index in [1.54, 1.807) is 0 Å². The van der Waals surface area contributed by atoms with E-state index in [9.17, 15) is 13.6 Å². The normalized spacial score (nSPS) is 19.8. The van der Waals surface area contributed by atoms with Crippen LogP contribution < -0.4 is 10.6 Å². The van der Waals surface area contributed by atoms with Gasteiger partial charge in [0.15, 0.2) is 11.6 Å². The maximum Gasteiger partial charge on any atom is 0.251 e. The van der Waals surface area contributed by atoms with Gasteiger partial charge in [0, 0.05) is 18.2 Å². The molecule has 1 aromatic carbocycles. The molecule has 1 aromatic rings. The Kier molecular flexibility index (Phi) is 3.14. The molecule has 1 atom stereocenters. The fourth-order valence-electron chi connectivity index (χ4n) is 1.68. The highest BCUT2D eigenvalue weighted by molar-refractivity contribution is 5.94. The zero-order valence-corrected chi connectivity index (χ0v) is 8.59. The minimum atomic E-state index is -1.00. The lowest BCUT2D eigenvalue weighted by Crippen LogP contribution is -2.36. The van der Waals surface area contributed by atoms with Crippen LogP contribution in [0.25, 0.3) is 0 Å². The topological polar surface area (TPSA) is 41.1 Å². The van der Waals surface area contributed by atoms with Gasteiger partial charge in [-0.05, 0) is 31.2 Å². The molecule has 3 nitrogen and oxygen atoms in total. The van der Waals surface area contributed by atoms with Gasteiger partial charge in [-0.15, -0.1) is 0 Å². The maximum atomic E-state index is 12.9. The van der Waals surface area contributed by atoms with Gasteiger partial charge in [0.2, 0.25) is 0 Å². The van der Waals surface area contributed by atoms with Gasteiger partial charge in [0.05, 0.1) is 0 Å². The Morgan fingerprint density at radius 3 is 2.81 bits per heavy atom. The number of benzene rings is 1. The van der Waals surface area contributed by atoms with Gasteiger partial charge in [-0.3, -0.25) is 4.79 Å². The summed E-state index contributed by atoms with van der Waals surface area (Å²) in [4.78, 5) is 11.6. The minimum absolute atomic E-state index is 0.0700. The fourth-order valence-corrected chi connectivity index (χ4v) is 1.68. The smallest absolute Gasteiger partial charge is 0.251 e. The van der Waals surface area contributed by atoms with Crippen molar-refractivity contribution in [2.45, 2.75) is 12.5 Å². The summed E-state index contributed by atoms with van der Waals surface area (Å²) in [5.41, 5.74) is 0.144. The number of rotatable bonds is 2. The molecule has 1 fully saturated rings. The highest BCUT2D eigenvalue weighted by Gasteiger charge is 2.18. The van der Waals surface area contributed by atoms with Crippen LogP contribution in [0.15, 0.2) is 18.2 Å². The van der Waals surface area contributed by atoms with Gasteiger partial charge in [-0.2, -0.15) is 0 Å². The Labute approximate surface area is 91.8 Å². The lowest BCUT2D eigenvalue weighted by molar-refractivity contribution is 0.0939. The molecule has 0 saturated carbocycles. The van der Waals surface area contributed by atoms with E-state index in [1.807, 2.05) is 0 Å². The Morgan fingerprint density at radius 2 is 2.19 bits per heavy atom. The van der Waals surface area contributed by atoms with E-state index in [0.29, 0.717) is 0 Å². The first-order valence-corrected chi connectivity index (χ1v) is 5.13. The summed E-state index contributed by atoms with van der Waals surface area (Å²) >= 11 is 0. The predicted molar refractivity (Wildman–Crippen MR) is 55.1 cm³/mol. The van der Waals surface area contributed by atoms with E-state index in [4.69, 9.17) is 0 Å².